The molecule has 1 aromatic heterocycles. The van der Waals surface area contributed by atoms with E-state index in [1.54, 1.807) is 17.8 Å². The van der Waals surface area contributed by atoms with Gasteiger partial charge in [-0.05, 0) is 118 Å². The third-order valence-corrected chi connectivity index (χ3v) is 11.4. The normalized spacial score (nSPS) is 38.1. The summed E-state index contributed by atoms with van der Waals surface area (Å²) in [6.07, 6.45) is 17.1. The van der Waals surface area contributed by atoms with Gasteiger partial charge in [0.1, 0.15) is 11.8 Å². The molecule has 1 N–H and O–H groups in total. The molecule has 4 heteroatoms. The number of aliphatic hydroxyl groups is 1. The average molecular weight is 508 g/mol. The first-order valence-corrected chi connectivity index (χ1v) is 15.1. The molecular weight excluding hydrogens is 458 g/mol. The number of esters is 1. The van der Waals surface area contributed by atoms with Crippen molar-refractivity contribution in [3.05, 3.63) is 41.7 Å². The summed E-state index contributed by atoms with van der Waals surface area (Å²) in [5.41, 5.74) is 2.14. The van der Waals surface area contributed by atoms with Gasteiger partial charge in [-0.25, -0.2) is 9.78 Å². The molecule has 0 aromatic carbocycles. The minimum Gasteiger partial charge on any atom is -0.457 e. The SMILES string of the molecule is C[C@H](CCCC(C)(C)O)[C@H]1CC[C@H]2[C@@H]3CC=C4C[C@@H](OC(=O)c5ccccn5)CC[C@]4(C)[C@H]3CC[C@]12C. The first kappa shape index (κ1) is 26.9. The van der Waals surface area contributed by atoms with Crippen LogP contribution in [-0.4, -0.2) is 27.8 Å². The van der Waals surface area contributed by atoms with E-state index in [2.05, 4.69) is 31.8 Å². The molecule has 5 rings (SSSR count). The molecule has 0 aliphatic heterocycles. The van der Waals surface area contributed by atoms with E-state index in [4.69, 9.17) is 4.74 Å². The van der Waals surface area contributed by atoms with Gasteiger partial charge in [0.05, 0.1) is 5.60 Å². The Morgan fingerprint density at radius 3 is 2.70 bits per heavy atom. The number of fused-ring (bicyclic) bond motifs is 5. The third kappa shape index (κ3) is 5.16. The minimum atomic E-state index is -0.544. The van der Waals surface area contributed by atoms with Crippen molar-refractivity contribution in [3.8, 4) is 0 Å². The molecule has 8 atom stereocenters. The van der Waals surface area contributed by atoms with Crippen LogP contribution >= 0.6 is 0 Å². The van der Waals surface area contributed by atoms with Crippen LogP contribution < -0.4 is 0 Å². The highest BCUT2D eigenvalue weighted by Gasteiger charge is 2.59. The Hall–Kier alpha value is -1.68. The summed E-state index contributed by atoms with van der Waals surface area (Å²) in [7, 11) is 0. The standard InChI is InChI=1S/C33H49NO3/c1-22(9-8-17-31(2,3)36)26-13-14-27-25-12-11-23-21-24(37-30(35)29-10-6-7-20-34-29)15-18-32(23,4)28(25)16-19-33(26,27)5/h6-7,10-11,20,22,24-28,36H,8-9,12-19,21H2,1-5H3/t22-,24+,25+,26-,27+,28+,32+,33-/m1/s1. The predicted octanol–water partition coefficient (Wildman–Crippen LogP) is 7.76. The smallest absolute Gasteiger partial charge is 0.357 e. The average Bonchev–Trinajstić information content (AvgIpc) is 3.21. The summed E-state index contributed by atoms with van der Waals surface area (Å²) in [6, 6.07) is 5.40. The van der Waals surface area contributed by atoms with Gasteiger partial charge in [0, 0.05) is 12.6 Å². The lowest BCUT2D eigenvalue weighted by Gasteiger charge is -2.58. The number of rotatable bonds is 7. The highest BCUT2D eigenvalue weighted by atomic mass is 16.5. The molecule has 0 saturated heterocycles. The van der Waals surface area contributed by atoms with E-state index >= 15 is 0 Å². The van der Waals surface area contributed by atoms with Crippen LogP contribution in [0.25, 0.3) is 0 Å². The Bertz CT molecular complexity index is 997. The summed E-state index contributed by atoms with van der Waals surface area (Å²) >= 11 is 0. The number of pyridine rings is 1. The molecular formula is C33H49NO3. The van der Waals surface area contributed by atoms with Crippen molar-refractivity contribution in [1.82, 2.24) is 4.98 Å². The number of carbonyl (C=O) groups excluding carboxylic acids is 1. The summed E-state index contributed by atoms with van der Waals surface area (Å²) < 4.78 is 5.93. The van der Waals surface area contributed by atoms with Crippen molar-refractivity contribution in [2.24, 2.45) is 40.4 Å². The number of allylic oxidation sites excluding steroid dienone is 1. The maximum atomic E-state index is 12.6. The van der Waals surface area contributed by atoms with Crippen LogP contribution in [0.4, 0.5) is 0 Å². The molecule has 0 radical (unpaired) electrons. The number of hydrogen-bond donors (Lipinski definition) is 1. The zero-order chi connectivity index (χ0) is 26.4. The summed E-state index contributed by atoms with van der Waals surface area (Å²) in [5.74, 6) is 3.67. The van der Waals surface area contributed by atoms with E-state index in [1.165, 1.54) is 38.5 Å². The van der Waals surface area contributed by atoms with Gasteiger partial charge in [0.2, 0.25) is 0 Å². The van der Waals surface area contributed by atoms with Gasteiger partial charge in [-0.15, -0.1) is 0 Å². The predicted molar refractivity (Wildman–Crippen MR) is 148 cm³/mol. The first-order valence-electron chi connectivity index (χ1n) is 15.1. The zero-order valence-corrected chi connectivity index (χ0v) is 23.8. The number of aromatic nitrogens is 1. The van der Waals surface area contributed by atoms with Gasteiger partial charge in [0.25, 0.3) is 0 Å². The van der Waals surface area contributed by atoms with Crippen LogP contribution in [0.2, 0.25) is 0 Å². The highest BCUT2D eigenvalue weighted by Crippen LogP contribution is 2.67. The largest absolute Gasteiger partial charge is 0.457 e. The Kier molecular flexibility index (Phi) is 7.37. The molecule has 4 nitrogen and oxygen atoms in total. The quantitative estimate of drug-likeness (QED) is 0.303. The zero-order valence-electron chi connectivity index (χ0n) is 23.8. The molecule has 37 heavy (non-hydrogen) atoms. The number of carbonyl (C=O) groups is 1. The van der Waals surface area contributed by atoms with Gasteiger partial charge in [0.15, 0.2) is 0 Å². The molecule has 3 saturated carbocycles. The molecule has 204 valence electrons. The molecule has 1 aromatic rings. The molecule has 3 fully saturated rings. The fourth-order valence-corrected chi connectivity index (χ4v) is 9.46. The first-order chi connectivity index (χ1) is 17.5. The third-order valence-electron chi connectivity index (χ3n) is 11.4. The second kappa shape index (κ2) is 10.1. The monoisotopic (exact) mass is 507 g/mol. The summed E-state index contributed by atoms with van der Waals surface area (Å²) in [6.45, 7) is 11.5. The molecule has 0 unspecified atom stereocenters. The topological polar surface area (TPSA) is 59.4 Å². The number of hydrogen-bond acceptors (Lipinski definition) is 4. The van der Waals surface area contributed by atoms with Gasteiger partial charge in [-0.3, -0.25) is 0 Å². The van der Waals surface area contributed by atoms with E-state index in [0.717, 1.165) is 61.7 Å². The number of nitrogens with zero attached hydrogens (tertiary/aromatic N) is 1. The Labute approximate surface area is 224 Å². The second-order valence-electron chi connectivity index (χ2n) is 14.2. The van der Waals surface area contributed by atoms with Gasteiger partial charge in [-0.1, -0.05) is 51.3 Å². The van der Waals surface area contributed by atoms with Crippen molar-refractivity contribution in [1.29, 1.82) is 0 Å². The van der Waals surface area contributed by atoms with Crippen LogP contribution in [0.15, 0.2) is 36.0 Å². The van der Waals surface area contributed by atoms with E-state index in [1.807, 2.05) is 26.0 Å². The Morgan fingerprint density at radius 2 is 1.97 bits per heavy atom. The van der Waals surface area contributed by atoms with E-state index in [0.29, 0.717) is 11.1 Å². The highest BCUT2D eigenvalue weighted by molar-refractivity contribution is 5.87. The van der Waals surface area contributed by atoms with Crippen LogP contribution in [0.5, 0.6) is 0 Å². The van der Waals surface area contributed by atoms with E-state index < -0.39 is 5.60 Å². The summed E-state index contributed by atoms with van der Waals surface area (Å²) in [4.78, 5) is 16.8. The Morgan fingerprint density at radius 1 is 1.16 bits per heavy atom. The van der Waals surface area contributed by atoms with Gasteiger partial charge in [-0.2, -0.15) is 0 Å². The van der Waals surface area contributed by atoms with E-state index in [9.17, 15) is 9.90 Å². The molecule has 0 spiro atoms. The lowest BCUT2D eigenvalue weighted by Crippen LogP contribution is -2.51. The molecule has 0 amide bonds. The fraction of sp³-hybridized carbons (Fsp3) is 0.758. The maximum Gasteiger partial charge on any atom is 0.357 e. The van der Waals surface area contributed by atoms with Crippen LogP contribution in [0, 0.1) is 40.4 Å². The van der Waals surface area contributed by atoms with Crippen LogP contribution in [0.1, 0.15) is 116 Å². The maximum absolute atomic E-state index is 12.6. The van der Waals surface area contributed by atoms with Crippen LogP contribution in [-0.2, 0) is 4.74 Å². The Balaban J connectivity index is 1.24. The second-order valence-corrected chi connectivity index (χ2v) is 14.2. The molecule has 4 aliphatic carbocycles. The number of ether oxygens (including phenoxy) is 1. The minimum absolute atomic E-state index is 0.0279. The fourth-order valence-electron chi connectivity index (χ4n) is 9.46. The van der Waals surface area contributed by atoms with E-state index in [-0.39, 0.29) is 17.5 Å². The lowest BCUT2D eigenvalue weighted by atomic mass is 9.47. The molecule has 1 heterocycles. The summed E-state index contributed by atoms with van der Waals surface area (Å²) in [5, 5.41) is 10.2. The molecule has 0 bridgehead atoms. The van der Waals surface area contributed by atoms with Crippen molar-refractivity contribution < 1.29 is 14.6 Å². The van der Waals surface area contributed by atoms with Crippen molar-refractivity contribution in [3.63, 3.8) is 0 Å². The molecule has 4 aliphatic rings. The lowest BCUT2D eigenvalue weighted by molar-refractivity contribution is -0.0597. The van der Waals surface area contributed by atoms with Crippen molar-refractivity contribution >= 4 is 5.97 Å². The van der Waals surface area contributed by atoms with Gasteiger partial charge >= 0.3 is 5.97 Å². The van der Waals surface area contributed by atoms with Crippen molar-refractivity contribution in [2.45, 2.75) is 117 Å². The van der Waals surface area contributed by atoms with Crippen molar-refractivity contribution in [2.75, 3.05) is 0 Å². The van der Waals surface area contributed by atoms with Crippen LogP contribution in [0.3, 0.4) is 0 Å². The van der Waals surface area contributed by atoms with Gasteiger partial charge < -0.3 is 9.84 Å².